The van der Waals surface area contributed by atoms with Gasteiger partial charge < -0.3 is 10.1 Å². The number of hydrogen-bond donors (Lipinski definition) is 1. The molecule has 7 nitrogen and oxygen atoms in total. The van der Waals surface area contributed by atoms with Gasteiger partial charge >= 0.3 is 5.97 Å². The number of carbonyl (C=O) groups is 2. The molecule has 1 rings (SSSR count). The lowest BCUT2D eigenvalue weighted by atomic mass is 10.1. The molecule has 0 radical (unpaired) electrons. The van der Waals surface area contributed by atoms with Crippen LogP contribution in [0.25, 0.3) is 0 Å². The normalized spacial score (nSPS) is 12.8. The Morgan fingerprint density at radius 3 is 2.36 bits per heavy atom. The standard InChI is InChI=1S/C14H20N2O5S/c1-9-6-7-11(22(19,20)16(3)4)8-12(9)13(17)15-10(2)14(18)21-5/h6-8,10H,1-5H3,(H,15,17). The van der Waals surface area contributed by atoms with Crippen LogP contribution in [0.15, 0.2) is 23.1 Å². The highest BCUT2D eigenvalue weighted by molar-refractivity contribution is 7.89. The van der Waals surface area contributed by atoms with E-state index < -0.39 is 27.9 Å². The molecule has 0 aliphatic carbocycles. The molecular formula is C14H20N2O5S. The van der Waals surface area contributed by atoms with Gasteiger partial charge in [0.2, 0.25) is 10.0 Å². The van der Waals surface area contributed by atoms with Crippen LogP contribution < -0.4 is 5.32 Å². The molecular weight excluding hydrogens is 308 g/mol. The minimum absolute atomic E-state index is 0.0129. The molecule has 8 heteroatoms. The number of sulfonamides is 1. The fourth-order valence-electron chi connectivity index (χ4n) is 1.73. The van der Waals surface area contributed by atoms with E-state index in [0.717, 1.165) is 4.31 Å². The van der Waals surface area contributed by atoms with E-state index in [1.807, 2.05) is 0 Å². The van der Waals surface area contributed by atoms with Crippen molar-refractivity contribution in [3.05, 3.63) is 29.3 Å². The molecule has 0 spiro atoms. The number of carbonyl (C=O) groups excluding carboxylic acids is 2. The van der Waals surface area contributed by atoms with E-state index in [4.69, 9.17) is 0 Å². The molecule has 1 atom stereocenters. The molecule has 122 valence electrons. The largest absolute Gasteiger partial charge is 0.467 e. The molecule has 0 saturated carbocycles. The summed E-state index contributed by atoms with van der Waals surface area (Å²) in [6.07, 6.45) is 0. The Labute approximate surface area is 130 Å². The number of methoxy groups -OCH3 is 1. The minimum Gasteiger partial charge on any atom is -0.467 e. The van der Waals surface area contributed by atoms with Crippen molar-refractivity contribution in [2.24, 2.45) is 0 Å². The topological polar surface area (TPSA) is 92.8 Å². The number of benzene rings is 1. The van der Waals surface area contributed by atoms with Gasteiger partial charge in [0.25, 0.3) is 5.91 Å². The summed E-state index contributed by atoms with van der Waals surface area (Å²) in [4.78, 5) is 23.6. The maximum absolute atomic E-state index is 12.2. The summed E-state index contributed by atoms with van der Waals surface area (Å²) in [5, 5.41) is 2.47. The molecule has 22 heavy (non-hydrogen) atoms. The monoisotopic (exact) mass is 328 g/mol. The van der Waals surface area contributed by atoms with Crippen LogP contribution >= 0.6 is 0 Å². The van der Waals surface area contributed by atoms with E-state index in [2.05, 4.69) is 10.1 Å². The molecule has 1 N–H and O–H groups in total. The molecule has 0 fully saturated rings. The number of nitrogens with one attached hydrogen (secondary N) is 1. The number of esters is 1. The second kappa shape index (κ2) is 6.89. The molecule has 1 amide bonds. The zero-order valence-electron chi connectivity index (χ0n) is 13.2. The zero-order chi connectivity index (χ0) is 17.1. The number of nitrogens with zero attached hydrogens (tertiary/aromatic N) is 1. The number of hydrogen-bond acceptors (Lipinski definition) is 5. The van der Waals surface area contributed by atoms with Crippen molar-refractivity contribution in [2.45, 2.75) is 24.8 Å². The van der Waals surface area contributed by atoms with Crippen molar-refractivity contribution in [1.82, 2.24) is 9.62 Å². The van der Waals surface area contributed by atoms with Crippen molar-refractivity contribution in [1.29, 1.82) is 0 Å². The molecule has 0 heterocycles. The highest BCUT2D eigenvalue weighted by Gasteiger charge is 2.22. The third kappa shape index (κ3) is 3.83. The Hall–Kier alpha value is -1.93. The van der Waals surface area contributed by atoms with Gasteiger partial charge in [-0.05, 0) is 31.5 Å². The maximum Gasteiger partial charge on any atom is 0.328 e. The van der Waals surface area contributed by atoms with Crippen molar-refractivity contribution in [3.8, 4) is 0 Å². The Kier molecular flexibility index (Phi) is 5.67. The first-order valence-corrected chi connectivity index (χ1v) is 7.97. The maximum atomic E-state index is 12.2. The summed E-state index contributed by atoms with van der Waals surface area (Å²) in [6, 6.07) is 3.45. The van der Waals surface area contributed by atoms with Gasteiger partial charge in [-0.15, -0.1) is 0 Å². The summed E-state index contributed by atoms with van der Waals surface area (Å²) in [5.41, 5.74) is 0.797. The van der Waals surface area contributed by atoms with Crippen LogP contribution in [0.5, 0.6) is 0 Å². The predicted molar refractivity (Wildman–Crippen MR) is 81.0 cm³/mol. The molecule has 0 bridgehead atoms. The van der Waals surface area contributed by atoms with E-state index in [1.165, 1.54) is 40.3 Å². The molecule has 0 aliphatic rings. The first kappa shape index (κ1) is 18.1. The van der Waals surface area contributed by atoms with E-state index >= 15 is 0 Å². The van der Waals surface area contributed by atoms with Crippen molar-refractivity contribution in [3.63, 3.8) is 0 Å². The second-order valence-electron chi connectivity index (χ2n) is 4.98. The van der Waals surface area contributed by atoms with Gasteiger partial charge in [-0.2, -0.15) is 0 Å². The van der Waals surface area contributed by atoms with E-state index in [0.29, 0.717) is 5.56 Å². The molecule has 1 unspecified atom stereocenters. The lowest BCUT2D eigenvalue weighted by Crippen LogP contribution is -2.39. The average molecular weight is 328 g/mol. The van der Waals surface area contributed by atoms with Crippen LogP contribution in [-0.2, 0) is 19.6 Å². The predicted octanol–water partition coefficient (Wildman–Crippen LogP) is 0.537. The summed E-state index contributed by atoms with van der Waals surface area (Å²) in [6.45, 7) is 3.17. The summed E-state index contributed by atoms with van der Waals surface area (Å²) in [7, 11) is 0.407. The lowest BCUT2D eigenvalue weighted by Gasteiger charge is -2.15. The van der Waals surface area contributed by atoms with Gasteiger partial charge in [-0.1, -0.05) is 6.07 Å². The Morgan fingerprint density at radius 1 is 1.27 bits per heavy atom. The van der Waals surface area contributed by atoms with Crippen LogP contribution in [0.3, 0.4) is 0 Å². The fraction of sp³-hybridized carbons (Fsp3) is 0.429. The molecule has 1 aromatic carbocycles. The van der Waals surface area contributed by atoms with E-state index in [1.54, 1.807) is 13.0 Å². The van der Waals surface area contributed by atoms with Crippen LogP contribution in [0.4, 0.5) is 0 Å². The minimum atomic E-state index is -3.64. The van der Waals surface area contributed by atoms with Crippen molar-refractivity contribution >= 4 is 21.9 Å². The second-order valence-corrected chi connectivity index (χ2v) is 7.13. The van der Waals surface area contributed by atoms with Crippen molar-refractivity contribution in [2.75, 3.05) is 21.2 Å². The average Bonchev–Trinajstić information content (AvgIpc) is 2.46. The lowest BCUT2D eigenvalue weighted by molar-refractivity contribution is -0.142. The SMILES string of the molecule is COC(=O)C(C)NC(=O)c1cc(S(=O)(=O)N(C)C)ccc1C. The van der Waals surface area contributed by atoms with Gasteiger partial charge in [-0.25, -0.2) is 17.5 Å². The molecule has 1 aromatic rings. The van der Waals surface area contributed by atoms with Crippen molar-refractivity contribution < 1.29 is 22.7 Å². The number of ether oxygens (including phenoxy) is 1. The number of amides is 1. The molecule has 0 aromatic heterocycles. The van der Waals surface area contributed by atoms with E-state index in [9.17, 15) is 18.0 Å². The Bertz CT molecular complexity index is 682. The molecule has 0 aliphatic heterocycles. The van der Waals surface area contributed by atoms with Gasteiger partial charge in [-0.3, -0.25) is 4.79 Å². The van der Waals surface area contributed by atoms with Crippen LogP contribution in [0.1, 0.15) is 22.8 Å². The van der Waals surface area contributed by atoms with Crippen LogP contribution in [0.2, 0.25) is 0 Å². The van der Waals surface area contributed by atoms with E-state index in [-0.39, 0.29) is 10.5 Å². The summed E-state index contributed by atoms with van der Waals surface area (Å²) in [5.74, 6) is -1.12. The van der Waals surface area contributed by atoms with Gasteiger partial charge in [0.05, 0.1) is 12.0 Å². The van der Waals surface area contributed by atoms with Gasteiger partial charge in [0.15, 0.2) is 0 Å². The first-order chi connectivity index (χ1) is 10.1. The quantitative estimate of drug-likeness (QED) is 0.796. The molecule has 0 saturated heterocycles. The zero-order valence-corrected chi connectivity index (χ0v) is 14.0. The number of rotatable bonds is 5. The highest BCUT2D eigenvalue weighted by Crippen LogP contribution is 2.18. The Balaban J connectivity index is 3.15. The highest BCUT2D eigenvalue weighted by atomic mass is 32.2. The van der Waals surface area contributed by atoms with Crippen LogP contribution in [-0.4, -0.2) is 51.8 Å². The third-order valence-electron chi connectivity index (χ3n) is 3.13. The Morgan fingerprint density at radius 2 is 1.86 bits per heavy atom. The first-order valence-electron chi connectivity index (χ1n) is 6.53. The summed E-state index contributed by atoms with van der Waals surface area (Å²) >= 11 is 0. The van der Waals surface area contributed by atoms with Gasteiger partial charge in [0.1, 0.15) is 6.04 Å². The third-order valence-corrected chi connectivity index (χ3v) is 4.95. The number of aryl methyl sites for hydroxylation is 1. The van der Waals surface area contributed by atoms with Gasteiger partial charge in [0, 0.05) is 19.7 Å². The fourth-order valence-corrected chi connectivity index (χ4v) is 2.66. The van der Waals surface area contributed by atoms with Crippen LogP contribution in [0, 0.1) is 6.92 Å². The smallest absolute Gasteiger partial charge is 0.328 e. The summed E-state index contributed by atoms with van der Waals surface area (Å²) < 4.78 is 29.8.